The van der Waals surface area contributed by atoms with Crippen molar-refractivity contribution in [2.75, 3.05) is 32.1 Å². The lowest BCUT2D eigenvalue weighted by Gasteiger charge is -2.26. The summed E-state index contributed by atoms with van der Waals surface area (Å²) in [4.78, 5) is 0.191. The van der Waals surface area contributed by atoms with Crippen LogP contribution in [0.25, 0.3) is 17.1 Å². The molecule has 11 heteroatoms. The number of benzene rings is 2. The fourth-order valence-electron chi connectivity index (χ4n) is 3.32. The molecule has 1 saturated heterocycles. The van der Waals surface area contributed by atoms with Crippen molar-refractivity contribution in [3.8, 4) is 23.1 Å². The van der Waals surface area contributed by atoms with E-state index in [1.807, 2.05) is 16.7 Å². The van der Waals surface area contributed by atoms with E-state index in [2.05, 4.69) is 16.3 Å². The van der Waals surface area contributed by atoms with Crippen LogP contribution in [-0.4, -0.2) is 59.5 Å². The van der Waals surface area contributed by atoms with Crippen LogP contribution in [0.4, 0.5) is 0 Å². The standard InChI is InChI=1S/C21H20ClN5O3S2/c22-17-5-2-6-18(15-17)27-20(24-25-21(27)31-13-3-8-23)16-4-1-7-19(14-16)32(28,29)26-9-11-30-12-10-26/h1-2,4-7,14-15H,3,9-13H2. The van der Waals surface area contributed by atoms with Crippen molar-refractivity contribution in [2.24, 2.45) is 0 Å². The number of sulfonamides is 1. The Balaban J connectivity index is 1.77. The highest BCUT2D eigenvalue weighted by Crippen LogP contribution is 2.31. The maximum absolute atomic E-state index is 13.1. The fourth-order valence-corrected chi connectivity index (χ4v) is 5.75. The van der Waals surface area contributed by atoms with Gasteiger partial charge in [0.1, 0.15) is 0 Å². The SMILES string of the molecule is N#CCCSc1nnc(-c2cccc(S(=O)(=O)N3CCOCC3)c2)n1-c1cccc(Cl)c1. The molecule has 2 aromatic carbocycles. The predicted octanol–water partition coefficient (Wildman–Crippen LogP) is 3.61. The summed E-state index contributed by atoms with van der Waals surface area (Å²) < 4.78 is 34.8. The third-order valence-corrected chi connectivity index (χ3v) is 7.91. The van der Waals surface area contributed by atoms with Gasteiger partial charge in [0.2, 0.25) is 10.0 Å². The van der Waals surface area contributed by atoms with Gasteiger partial charge < -0.3 is 4.74 Å². The van der Waals surface area contributed by atoms with Gasteiger partial charge in [0.15, 0.2) is 11.0 Å². The minimum Gasteiger partial charge on any atom is -0.379 e. The van der Waals surface area contributed by atoms with E-state index >= 15 is 0 Å². The molecule has 8 nitrogen and oxygen atoms in total. The number of ether oxygens (including phenoxy) is 1. The third kappa shape index (κ3) is 4.82. The molecule has 3 aromatic rings. The van der Waals surface area contributed by atoms with Gasteiger partial charge in [-0.25, -0.2) is 8.42 Å². The highest BCUT2D eigenvalue weighted by Gasteiger charge is 2.27. The van der Waals surface area contributed by atoms with Gasteiger partial charge in [0.05, 0.1) is 29.9 Å². The van der Waals surface area contributed by atoms with E-state index in [1.165, 1.54) is 16.1 Å². The number of halogens is 1. The van der Waals surface area contributed by atoms with Gasteiger partial charge in [0, 0.05) is 35.8 Å². The molecular formula is C21H20ClN5O3S2. The molecule has 0 atom stereocenters. The quantitative estimate of drug-likeness (QED) is 0.369. The Bertz CT molecular complexity index is 1250. The summed E-state index contributed by atoms with van der Waals surface area (Å²) in [6, 6.07) is 16.1. The van der Waals surface area contributed by atoms with E-state index in [4.69, 9.17) is 21.6 Å². The third-order valence-electron chi connectivity index (χ3n) is 4.84. The molecule has 0 unspecified atom stereocenters. The van der Waals surface area contributed by atoms with Crippen LogP contribution in [0.5, 0.6) is 0 Å². The van der Waals surface area contributed by atoms with Crippen LogP contribution in [0.2, 0.25) is 5.02 Å². The van der Waals surface area contributed by atoms with Crippen molar-refractivity contribution >= 4 is 33.4 Å². The zero-order valence-corrected chi connectivity index (χ0v) is 19.4. The van der Waals surface area contributed by atoms with Gasteiger partial charge in [-0.2, -0.15) is 9.57 Å². The van der Waals surface area contributed by atoms with Crippen molar-refractivity contribution in [3.63, 3.8) is 0 Å². The Kier molecular flexibility index (Phi) is 7.13. The first-order chi connectivity index (χ1) is 15.5. The molecular weight excluding hydrogens is 470 g/mol. The van der Waals surface area contributed by atoms with Crippen molar-refractivity contribution in [1.82, 2.24) is 19.1 Å². The molecule has 0 amide bonds. The van der Waals surface area contributed by atoms with E-state index in [0.717, 1.165) is 5.69 Å². The van der Waals surface area contributed by atoms with Crippen LogP contribution in [0.3, 0.4) is 0 Å². The largest absolute Gasteiger partial charge is 0.379 e. The number of nitrogens with zero attached hydrogens (tertiary/aromatic N) is 5. The molecule has 1 aromatic heterocycles. The van der Waals surface area contributed by atoms with E-state index in [-0.39, 0.29) is 4.90 Å². The summed E-state index contributed by atoms with van der Waals surface area (Å²) in [5.41, 5.74) is 1.36. The van der Waals surface area contributed by atoms with Gasteiger partial charge >= 0.3 is 0 Å². The summed E-state index contributed by atoms with van der Waals surface area (Å²) in [6.45, 7) is 1.41. The minimum absolute atomic E-state index is 0.191. The highest BCUT2D eigenvalue weighted by atomic mass is 35.5. The molecule has 0 saturated carbocycles. The number of rotatable bonds is 7. The summed E-state index contributed by atoms with van der Waals surface area (Å²) in [5.74, 6) is 1.05. The lowest BCUT2D eigenvalue weighted by atomic mass is 10.2. The molecule has 1 fully saturated rings. The van der Waals surface area contributed by atoms with Crippen molar-refractivity contribution in [1.29, 1.82) is 5.26 Å². The molecule has 32 heavy (non-hydrogen) atoms. The van der Waals surface area contributed by atoms with Gasteiger partial charge in [-0.05, 0) is 30.3 Å². The second kappa shape index (κ2) is 10.0. The second-order valence-electron chi connectivity index (χ2n) is 6.92. The number of aromatic nitrogens is 3. The molecule has 0 N–H and O–H groups in total. The van der Waals surface area contributed by atoms with Crippen LogP contribution in [0.15, 0.2) is 58.6 Å². The van der Waals surface area contributed by atoms with E-state index in [9.17, 15) is 8.42 Å². The fraction of sp³-hybridized carbons (Fsp3) is 0.286. The van der Waals surface area contributed by atoms with Crippen LogP contribution >= 0.6 is 23.4 Å². The van der Waals surface area contributed by atoms with E-state index < -0.39 is 10.0 Å². The molecule has 0 radical (unpaired) electrons. The van der Waals surface area contributed by atoms with Crippen LogP contribution in [0.1, 0.15) is 6.42 Å². The van der Waals surface area contributed by atoms with Crippen LogP contribution in [-0.2, 0) is 14.8 Å². The molecule has 0 aliphatic carbocycles. The molecule has 4 rings (SSSR count). The summed E-state index contributed by atoms with van der Waals surface area (Å²) in [6.07, 6.45) is 0.371. The monoisotopic (exact) mass is 489 g/mol. The molecule has 0 spiro atoms. The lowest BCUT2D eigenvalue weighted by molar-refractivity contribution is 0.0730. The van der Waals surface area contributed by atoms with Gasteiger partial charge in [-0.15, -0.1) is 10.2 Å². The number of hydrogen-bond acceptors (Lipinski definition) is 7. The topological polar surface area (TPSA) is 101 Å². The van der Waals surface area contributed by atoms with Gasteiger partial charge in [0.25, 0.3) is 0 Å². The molecule has 1 aliphatic heterocycles. The van der Waals surface area contributed by atoms with Crippen molar-refractivity contribution < 1.29 is 13.2 Å². The number of morpholine rings is 1. The first-order valence-corrected chi connectivity index (χ1v) is 12.7. The molecule has 0 bridgehead atoms. The number of nitriles is 1. The predicted molar refractivity (Wildman–Crippen MR) is 122 cm³/mol. The Morgan fingerprint density at radius 1 is 1.12 bits per heavy atom. The Morgan fingerprint density at radius 3 is 2.66 bits per heavy atom. The maximum atomic E-state index is 13.1. The first-order valence-electron chi connectivity index (χ1n) is 9.90. The Hall–Kier alpha value is -2.42. The summed E-state index contributed by atoms with van der Waals surface area (Å²) in [5, 5.41) is 18.7. The zero-order chi connectivity index (χ0) is 22.6. The average molecular weight is 490 g/mol. The van der Waals surface area contributed by atoms with Gasteiger partial charge in [-0.3, -0.25) is 4.57 Å². The smallest absolute Gasteiger partial charge is 0.243 e. The lowest BCUT2D eigenvalue weighted by Crippen LogP contribution is -2.40. The zero-order valence-electron chi connectivity index (χ0n) is 17.0. The summed E-state index contributed by atoms with van der Waals surface area (Å²) in [7, 11) is -3.65. The Labute approximate surface area is 195 Å². The number of hydrogen-bond donors (Lipinski definition) is 0. The maximum Gasteiger partial charge on any atom is 0.243 e. The van der Waals surface area contributed by atoms with Crippen LogP contribution in [0, 0.1) is 11.3 Å². The highest BCUT2D eigenvalue weighted by molar-refractivity contribution is 7.99. The van der Waals surface area contributed by atoms with Crippen LogP contribution < -0.4 is 0 Å². The molecule has 1 aliphatic rings. The van der Waals surface area contributed by atoms with Gasteiger partial charge in [-0.1, -0.05) is 41.6 Å². The van der Waals surface area contributed by atoms with E-state index in [1.54, 1.807) is 36.4 Å². The molecule has 166 valence electrons. The first kappa shape index (κ1) is 22.8. The Morgan fingerprint density at radius 2 is 1.91 bits per heavy atom. The van der Waals surface area contributed by atoms with Crippen molar-refractivity contribution in [2.45, 2.75) is 16.5 Å². The number of thioether (sulfide) groups is 1. The normalized spacial score (nSPS) is 14.9. The average Bonchev–Trinajstić information content (AvgIpc) is 3.24. The second-order valence-corrected chi connectivity index (χ2v) is 10.4. The van der Waals surface area contributed by atoms with E-state index in [0.29, 0.717) is 60.0 Å². The molecule has 2 heterocycles. The van der Waals surface area contributed by atoms with Crippen molar-refractivity contribution in [3.05, 3.63) is 53.6 Å². The summed E-state index contributed by atoms with van der Waals surface area (Å²) >= 11 is 7.61. The minimum atomic E-state index is -3.65.